The number of nitrogens with two attached hydrogens (primary N) is 1. The van der Waals surface area contributed by atoms with Gasteiger partial charge in [-0.1, -0.05) is 0 Å². The van der Waals surface area contributed by atoms with E-state index < -0.39 is 33.7 Å². The zero-order valence-electron chi connectivity index (χ0n) is 10.2. The van der Waals surface area contributed by atoms with Gasteiger partial charge in [-0.3, -0.25) is 10.1 Å². The first kappa shape index (κ1) is 14.0. The van der Waals surface area contributed by atoms with Crippen LogP contribution in [0.1, 0.15) is 12.3 Å². The highest BCUT2D eigenvalue weighted by atomic mass is 19.1. The van der Waals surface area contributed by atoms with Crippen molar-refractivity contribution in [1.29, 1.82) is 0 Å². The van der Waals surface area contributed by atoms with Crippen molar-refractivity contribution in [2.75, 3.05) is 6.54 Å². The minimum absolute atomic E-state index is 0.163. The van der Waals surface area contributed by atoms with Crippen LogP contribution in [0.2, 0.25) is 0 Å². The second-order valence-electron chi connectivity index (χ2n) is 3.91. The van der Waals surface area contributed by atoms with Gasteiger partial charge in [0.2, 0.25) is 11.7 Å². The highest BCUT2D eigenvalue weighted by Crippen LogP contribution is 2.30. The number of aryl methyl sites for hydroxylation is 1. The van der Waals surface area contributed by atoms with Crippen molar-refractivity contribution in [2.24, 2.45) is 5.73 Å². The summed E-state index contributed by atoms with van der Waals surface area (Å²) >= 11 is 0. The second-order valence-corrected chi connectivity index (χ2v) is 3.91. The predicted octanol–water partition coefficient (Wildman–Crippen LogP) is 1.81. The van der Waals surface area contributed by atoms with Crippen LogP contribution in [-0.2, 0) is 6.42 Å². The molecule has 2 N–H and O–H groups in total. The second kappa shape index (κ2) is 5.70. The van der Waals surface area contributed by atoms with Crippen LogP contribution in [0.15, 0.2) is 16.5 Å². The van der Waals surface area contributed by atoms with Crippen molar-refractivity contribution >= 4 is 5.69 Å². The Bertz CT molecular complexity index is 645. The van der Waals surface area contributed by atoms with Gasteiger partial charge in [-0.2, -0.15) is 4.39 Å². The molecule has 0 atom stereocenters. The number of benzene rings is 1. The summed E-state index contributed by atoms with van der Waals surface area (Å²) < 4.78 is 32.6. The van der Waals surface area contributed by atoms with Gasteiger partial charge in [0.1, 0.15) is 11.4 Å². The Kier molecular flexibility index (Phi) is 3.99. The van der Waals surface area contributed by atoms with Crippen LogP contribution < -0.4 is 5.73 Å². The summed E-state index contributed by atoms with van der Waals surface area (Å²) in [5.41, 5.74) is 3.75. The number of hydrogen-bond donors (Lipinski definition) is 1. The SMILES string of the molecule is NCCCc1nnc(-c2c(F)ccc([N+](=O)[O-])c2F)o1. The molecule has 2 rings (SSSR count). The van der Waals surface area contributed by atoms with Gasteiger partial charge in [0.25, 0.3) is 5.89 Å². The van der Waals surface area contributed by atoms with Crippen molar-refractivity contribution in [2.45, 2.75) is 12.8 Å². The van der Waals surface area contributed by atoms with E-state index in [1.807, 2.05) is 0 Å². The molecule has 20 heavy (non-hydrogen) atoms. The molecule has 106 valence electrons. The number of hydrogen-bond acceptors (Lipinski definition) is 6. The Morgan fingerprint density at radius 1 is 1.35 bits per heavy atom. The number of nitro groups is 1. The van der Waals surface area contributed by atoms with Crippen LogP contribution in [0, 0.1) is 21.7 Å². The summed E-state index contributed by atoms with van der Waals surface area (Å²) in [5, 5.41) is 17.7. The van der Waals surface area contributed by atoms with E-state index in [2.05, 4.69) is 10.2 Å². The molecule has 0 spiro atoms. The summed E-state index contributed by atoms with van der Waals surface area (Å²) in [6.45, 7) is 0.400. The lowest BCUT2D eigenvalue weighted by Crippen LogP contribution is -2.00. The molecule has 0 saturated heterocycles. The standard InChI is InChI=1S/C11H10F2N4O3/c12-6-3-4-7(17(18)19)10(13)9(6)11-16-15-8(20-11)2-1-5-14/h3-4H,1-2,5,14H2. The van der Waals surface area contributed by atoms with Crippen LogP contribution in [0.4, 0.5) is 14.5 Å². The highest BCUT2D eigenvalue weighted by Gasteiger charge is 2.26. The number of rotatable bonds is 5. The topological polar surface area (TPSA) is 108 Å². The van der Waals surface area contributed by atoms with Gasteiger partial charge in [-0.25, -0.2) is 4.39 Å². The van der Waals surface area contributed by atoms with Gasteiger partial charge >= 0.3 is 5.69 Å². The average molecular weight is 284 g/mol. The zero-order valence-corrected chi connectivity index (χ0v) is 10.2. The molecule has 0 unspecified atom stereocenters. The molecular formula is C11H10F2N4O3. The van der Waals surface area contributed by atoms with Gasteiger partial charge in [-0.05, 0) is 19.0 Å². The van der Waals surface area contributed by atoms with Crippen LogP contribution in [0.5, 0.6) is 0 Å². The zero-order chi connectivity index (χ0) is 14.7. The Labute approximate surface area is 111 Å². The molecular weight excluding hydrogens is 274 g/mol. The molecule has 9 heteroatoms. The smallest absolute Gasteiger partial charge is 0.305 e. The molecule has 0 fully saturated rings. The van der Waals surface area contributed by atoms with Crippen molar-refractivity contribution in [1.82, 2.24) is 10.2 Å². The van der Waals surface area contributed by atoms with E-state index in [1.54, 1.807) is 0 Å². The fourth-order valence-corrected chi connectivity index (χ4v) is 1.59. The van der Waals surface area contributed by atoms with E-state index in [0.29, 0.717) is 19.4 Å². The lowest BCUT2D eigenvalue weighted by atomic mass is 10.1. The van der Waals surface area contributed by atoms with Crippen LogP contribution in [0.3, 0.4) is 0 Å². The maximum atomic E-state index is 13.9. The Morgan fingerprint density at radius 2 is 2.10 bits per heavy atom. The van der Waals surface area contributed by atoms with Gasteiger partial charge < -0.3 is 10.2 Å². The first-order valence-corrected chi connectivity index (χ1v) is 5.69. The van der Waals surface area contributed by atoms with Crippen molar-refractivity contribution in [3.63, 3.8) is 0 Å². The fraction of sp³-hybridized carbons (Fsp3) is 0.273. The van der Waals surface area contributed by atoms with Gasteiger partial charge in [0, 0.05) is 12.5 Å². The Balaban J connectivity index is 2.44. The van der Waals surface area contributed by atoms with Gasteiger partial charge in [0.15, 0.2) is 0 Å². The van der Waals surface area contributed by atoms with E-state index >= 15 is 0 Å². The third kappa shape index (κ3) is 2.62. The first-order chi connectivity index (χ1) is 9.54. The molecule has 1 aromatic carbocycles. The third-order valence-electron chi connectivity index (χ3n) is 2.54. The molecule has 0 radical (unpaired) electrons. The Morgan fingerprint density at radius 3 is 2.75 bits per heavy atom. The van der Waals surface area contributed by atoms with E-state index in [0.717, 1.165) is 12.1 Å². The first-order valence-electron chi connectivity index (χ1n) is 5.69. The maximum Gasteiger partial charge on any atom is 0.305 e. The van der Waals surface area contributed by atoms with E-state index in [1.165, 1.54) is 0 Å². The average Bonchev–Trinajstić information content (AvgIpc) is 2.84. The van der Waals surface area contributed by atoms with Crippen molar-refractivity contribution < 1.29 is 18.1 Å². The molecule has 0 aliphatic rings. The van der Waals surface area contributed by atoms with Crippen LogP contribution in [0.25, 0.3) is 11.5 Å². The molecule has 7 nitrogen and oxygen atoms in total. The van der Waals surface area contributed by atoms with Crippen molar-refractivity contribution in [3.8, 4) is 11.5 Å². The molecule has 0 amide bonds. The molecule has 0 bridgehead atoms. The summed E-state index contributed by atoms with van der Waals surface area (Å²) in [7, 11) is 0. The predicted molar refractivity (Wildman–Crippen MR) is 63.7 cm³/mol. The van der Waals surface area contributed by atoms with E-state index in [9.17, 15) is 18.9 Å². The molecule has 2 aromatic rings. The Hall–Kier alpha value is -2.42. The van der Waals surface area contributed by atoms with Gasteiger partial charge in [-0.15, -0.1) is 10.2 Å². The fourth-order valence-electron chi connectivity index (χ4n) is 1.59. The molecule has 1 heterocycles. The highest BCUT2D eigenvalue weighted by molar-refractivity contribution is 5.59. The minimum Gasteiger partial charge on any atom is -0.420 e. The van der Waals surface area contributed by atoms with Crippen molar-refractivity contribution in [3.05, 3.63) is 39.8 Å². The van der Waals surface area contributed by atoms with Gasteiger partial charge in [0.05, 0.1) is 4.92 Å². The van der Waals surface area contributed by atoms with Crippen LogP contribution >= 0.6 is 0 Å². The number of nitrogens with zero attached hydrogens (tertiary/aromatic N) is 3. The molecule has 0 aliphatic carbocycles. The monoisotopic (exact) mass is 284 g/mol. The molecule has 1 aromatic heterocycles. The third-order valence-corrected chi connectivity index (χ3v) is 2.54. The summed E-state index contributed by atoms with van der Waals surface area (Å²) in [6.07, 6.45) is 0.934. The molecule has 0 aliphatic heterocycles. The lowest BCUT2D eigenvalue weighted by molar-refractivity contribution is -0.387. The quantitative estimate of drug-likeness (QED) is 0.662. The van der Waals surface area contributed by atoms with Crippen LogP contribution in [-0.4, -0.2) is 21.7 Å². The minimum atomic E-state index is -1.34. The normalized spacial score (nSPS) is 10.8. The molecule has 0 saturated carbocycles. The lowest BCUT2D eigenvalue weighted by Gasteiger charge is -2.00. The summed E-state index contributed by atoms with van der Waals surface area (Å²) in [4.78, 5) is 9.67. The largest absolute Gasteiger partial charge is 0.420 e. The summed E-state index contributed by atoms with van der Waals surface area (Å²) in [5.74, 6) is -2.63. The summed E-state index contributed by atoms with van der Waals surface area (Å²) in [6, 6.07) is 1.51. The number of nitro benzene ring substituents is 1. The number of halogens is 2. The van der Waals surface area contributed by atoms with E-state index in [-0.39, 0.29) is 5.89 Å². The van der Waals surface area contributed by atoms with E-state index in [4.69, 9.17) is 10.2 Å². The maximum absolute atomic E-state index is 13.9. The number of aromatic nitrogens is 2.